The van der Waals surface area contributed by atoms with Crippen molar-refractivity contribution in [3.05, 3.63) is 83.5 Å². The summed E-state index contributed by atoms with van der Waals surface area (Å²) in [5.41, 5.74) is 4.45. The predicted octanol–water partition coefficient (Wildman–Crippen LogP) is 6.07. The second-order valence-electron chi connectivity index (χ2n) is 5.88. The van der Waals surface area contributed by atoms with Crippen LogP contribution in [-0.2, 0) is 0 Å². The normalized spacial score (nSPS) is 11.5. The maximum atomic E-state index is 4.76. The van der Waals surface area contributed by atoms with Gasteiger partial charge in [0.15, 0.2) is 0 Å². The lowest BCUT2D eigenvalue weighted by atomic mass is 10.1. The van der Waals surface area contributed by atoms with Gasteiger partial charge in [0.05, 0.1) is 17.4 Å². The van der Waals surface area contributed by atoms with Gasteiger partial charge in [-0.1, -0.05) is 70.5 Å². The van der Waals surface area contributed by atoms with Crippen molar-refractivity contribution < 1.29 is 0 Å². The average Bonchev–Trinajstić information content (AvgIpc) is 3.08. The first kappa shape index (κ1) is 13.8. The number of aromatic nitrogens is 2. The van der Waals surface area contributed by atoms with E-state index in [4.69, 9.17) is 4.98 Å². The van der Waals surface area contributed by atoms with Crippen molar-refractivity contribution in [1.29, 1.82) is 0 Å². The monoisotopic (exact) mass is 372 g/mol. The number of benzene rings is 3. The van der Waals surface area contributed by atoms with Gasteiger partial charge in [-0.15, -0.1) is 0 Å². The molecule has 0 aliphatic rings. The Morgan fingerprint density at radius 3 is 2.42 bits per heavy atom. The van der Waals surface area contributed by atoms with Crippen molar-refractivity contribution in [2.24, 2.45) is 0 Å². The van der Waals surface area contributed by atoms with Crippen LogP contribution in [0.5, 0.6) is 0 Å². The van der Waals surface area contributed by atoms with E-state index in [0.717, 1.165) is 21.2 Å². The summed E-state index contributed by atoms with van der Waals surface area (Å²) in [7, 11) is 0. The molecule has 5 rings (SSSR count). The van der Waals surface area contributed by atoms with Crippen molar-refractivity contribution in [1.82, 2.24) is 9.38 Å². The molecule has 114 valence electrons. The molecule has 0 unspecified atom stereocenters. The van der Waals surface area contributed by atoms with E-state index >= 15 is 0 Å². The van der Waals surface area contributed by atoms with Crippen LogP contribution in [0.4, 0.5) is 0 Å². The number of hydrogen-bond acceptors (Lipinski definition) is 1. The van der Waals surface area contributed by atoms with Gasteiger partial charge >= 0.3 is 0 Å². The van der Waals surface area contributed by atoms with E-state index in [0.29, 0.717) is 0 Å². The molecule has 3 heteroatoms. The minimum Gasteiger partial charge on any atom is -0.292 e. The molecule has 0 aliphatic carbocycles. The number of pyridine rings is 1. The first-order chi connectivity index (χ1) is 11.8. The van der Waals surface area contributed by atoms with Crippen LogP contribution in [0.25, 0.3) is 38.6 Å². The highest BCUT2D eigenvalue weighted by Crippen LogP contribution is 2.34. The fourth-order valence-electron chi connectivity index (χ4n) is 3.43. The third-order valence-corrected chi connectivity index (χ3v) is 4.98. The lowest BCUT2D eigenvalue weighted by molar-refractivity contribution is 1.27. The van der Waals surface area contributed by atoms with E-state index in [1.807, 2.05) is 12.3 Å². The first-order valence-corrected chi connectivity index (χ1v) is 8.65. The number of para-hydroxylation sites is 1. The molecule has 3 aromatic carbocycles. The first-order valence-electron chi connectivity index (χ1n) is 7.86. The molecule has 0 N–H and O–H groups in total. The third kappa shape index (κ3) is 1.91. The quantitative estimate of drug-likeness (QED) is 0.326. The number of hydrogen-bond donors (Lipinski definition) is 0. The molecular weight excluding hydrogens is 360 g/mol. The summed E-state index contributed by atoms with van der Waals surface area (Å²) < 4.78 is 3.33. The fraction of sp³-hybridized carbons (Fsp3) is 0. The van der Waals surface area contributed by atoms with Crippen molar-refractivity contribution in [2.45, 2.75) is 0 Å². The molecule has 0 spiro atoms. The van der Waals surface area contributed by atoms with Gasteiger partial charge in [-0.25, -0.2) is 4.98 Å². The van der Waals surface area contributed by atoms with Gasteiger partial charge in [0.25, 0.3) is 0 Å². The summed E-state index contributed by atoms with van der Waals surface area (Å²) >= 11 is 3.60. The summed E-state index contributed by atoms with van der Waals surface area (Å²) in [5, 5.41) is 3.62. The van der Waals surface area contributed by atoms with Gasteiger partial charge in [-0.3, -0.25) is 4.40 Å². The average molecular weight is 373 g/mol. The number of fused-ring (bicyclic) bond motifs is 6. The van der Waals surface area contributed by atoms with Gasteiger partial charge < -0.3 is 0 Å². The van der Waals surface area contributed by atoms with Crippen molar-refractivity contribution in [3.8, 4) is 11.3 Å². The summed E-state index contributed by atoms with van der Waals surface area (Å²) in [5.74, 6) is 0. The summed E-state index contributed by atoms with van der Waals surface area (Å²) in [4.78, 5) is 4.76. The van der Waals surface area contributed by atoms with Crippen LogP contribution in [0.3, 0.4) is 0 Å². The Labute approximate surface area is 147 Å². The molecule has 5 aromatic rings. The Hall–Kier alpha value is -2.65. The molecular formula is C21H13BrN2. The molecule has 0 bridgehead atoms. The van der Waals surface area contributed by atoms with Crippen LogP contribution in [0, 0.1) is 0 Å². The van der Waals surface area contributed by atoms with Crippen LogP contribution in [-0.4, -0.2) is 9.38 Å². The minimum absolute atomic E-state index is 0.990. The molecule has 0 saturated heterocycles. The minimum atomic E-state index is 0.990. The van der Waals surface area contributed by atoms with E-state index in [-0.39, 0.29) is 0 Å². The van der Waals surface area contributed by atoms with Gasteiger partial charge in [0, 0.05) is 20.8 Å². The highest BCUT2D eigenvalue weighted by Gasteiger charge is 2.13. The Morgan fingerprint density at radius 2 is 1.54 bits per heavy atom. The molecule has 0 saturated carbocycles. The second-order valence-corrected chi connectivity index (χ2v) is 6.79. The van der Waals surface area contributed by atoms with Gasteiger partial charge in [-0.2, -0.15) is 0 Å². The number of halogens is 1. The summed E-state index contributed by atoms with van der Waals surface area (Å²) in [6.07, 6.45) is 1.97. The standard InChI is InChI=1S/C21H13BrN2/c22-15-10-11-16-17-8-4-5-9-19(17)24-20(14-6-2-1-3-7-14)13-23-21(24)18(16)12-15/h1-13H. The van der Waals surface area contributed by atoms with Crippen LogP contribution in [0.1, 0.15) is 0 Å². The smallest absolute Gasteiger partial charge is 0.145 e. The lowest BCUT2D eigenvalue weighted by Crippen LogP contribution is -1.93. The molecule has 0 aliphatic heterocycles. The van der Waals surface area contributed by atoms with Crippen LogP contribution < -0.4 is 0 Å². The zero-order chi connectivity index (χ0) is 16.1. The van der Waals surface area contributed by atoms with Crippen LogP contribution in [0.2, 0.25) is 0 Å². The Bertz CT molecular complexity index is 1210. The highest BCUT2D eigenvalue weighted by atomic mass is 79.9. The van der Waals surface area contributed by atoms with E-state index in [1.165, 1.54) is 21.9 Å². The zero-order valence-electron chi connectivity index (χ0n) is 12.8. The Kier molecular flexibility index (Phi) is 2.97. The fourth-order valence-corrected chi connectivity index (χ4v) is 3.79. The topological polar surface area (TPSA) is 17.3 Å². The highest BCUT2D eigenvalue weighted by molar-refractivity contribution is 9.10. The van der Waals surface area contributed by atoms with Gasteiger partial charge in [0.1, 0.15) is 5.65 Å². The molecule has 2 heterocycles. The molecule has 0 radical (unpaired) electrons. The lowest BCUT2D eigenvalue weighted by Gasteiger charge is -2.11. The Morgan fingerprint density at radius 1 is 0.750 bits per heavy atom. The molecule has 24 heavy (non-hydrogen) atoms. The van der Waals surface area contributed by atoms with Crippen molar-refractivity contribution in [3.63, 3.8) is 0 Å². The number of imidazole rings is 1. The molecule has 2 nitrogen and oxygen atoms in total. The van der Waals surface area contributed by atoms with Gasteiger partial charge in [-0.05, 0) is 23.6 Å². The largest absolute Gasteiger partial charge is 0.292 e. The van der Waals surface area contributed by atoms with Crippen LogP contribution in [0.15, 0.2) is 83.5 Å². The second kappa shape index (κ2) is 5.18. The number of nitrogens with zero attached hydrogens (tertiary/aromatic N) is 2. The summed E-state index contributed by atoms with van der Waals surface area (Å²) in [6.45, 7) is 0. The number of rotatable bonds is 1. The maximum Gasteiger partial charge on any atom is 0.145 e. The van der Waals surface area contributed by atoms with Crippen molar-refractivity contribution in [2.75, 3.05) is 0 Å². The van der Waals surface area contributed by atoms with E-state index in [9.17, 15) is 0 Å². The molecule has 2 aromatic heterocycles. The van der Waals surface area contributed by atoms with Gasteiger partial charge in [0.2, 0.25) is 0 Å². The third-order valence-electron chi connectivity index (χ3n) is 4.49. The Balaban J connectivity index is 2.05. The van der Waals surface area contributed by atoms with E-state index in [2.05, 4.69) is 87.1 Å². The molecule has 0 amide bonds. The molecule has 0 fully saturated rings. The van der Waals surface area contributed by atoms with Crippen LogP contribution >= 0.6 is 15.9 Å². The maximum absolute atomic E-state index is 4.76. The van der Waals surface area contributed by atoms with Crippen molar-refractivity contribution >= 4 is 43.3 Å². The van der Waals surface area contributed by atoms with E-state index in [1.54, 1.807) is 0 Å². The predicted molar refractivity (Wildman–Crippen MR) is 103 cm³/mol. The SMILES string of the molecule is Brc1ccc2c3ccccc3n3c(-c4ccccc4)cnc3c2c1. The molecule has 0 atom stereocenters. The zero-order valence-corrected chi connectivity index (χ0v) is 14.4. The summed E-state index contributed by atoms with van der Waals surface area (Å²) in [6, 6.07) is 25.4. The van der Waals surface area contributed by atoms with E-state index < -0.39 is 0 Å².